The van der Waals surface area contributed by atoms with E-state index < -0.39 is 0 Å². The molecule has 7 heteroatoms. The summed E-state index contributed by atoms with van der Waals surface area (Å²) < 4.78 is 5.45. The van der Waals surface area contributed by atoms with Gasteiger partial charge in [-0.05, 0) is 25.0 Å². The van der Waals surface area contributed by atoms with E-state index in [0.717, 1.165) is 18.4 Å². The number of likely N-dealkylation sites (tertiary alicyclic amines) is 1. The summed E-state index contributed by atoms with van der Waals surface area (Å²) in [4.78, 5) is 23.3. The summed E-state index contributed by atoms with van der Waals surface area (Å²) in [5, 5.41) is 13.3. The van der Waals surface area contributed by atoms with Crippen molar-refractivity contribution in [1.82, 2.24) is 20.0 Å². The van der Waals surface area contributed by atoms with Crippen molar-refractivity contribution < 1.29 is 14.4 Å². The molecule has 1 saturated heterocycles. The van der Waals surface area contributed by atoms with E-state index in [-0.39, 0.29) is 18.6 Å². The van der Waals surface area contributed by atoms with E-state index >= 15 is 0 Å². The molecule has 26 heavy (non-hydrogen) atoms. The van der Waals surface area contributed by atoms with Gasteiger partial charge in [0.1, 0.15) is 11.7 Å². The van der Waals surface area contributed by atoms with E-state index in [1.807, 2.05) is 30.3 Å². The fraction of sp³-hybridized carbons (Fsp3) is 0.263. The minimum absolute atomic E-state index is 0.192. The average Bonchev–Trinajstić information content (AvgIpc) is 3.37. The van der Waals surface area contributed by atoms with Crippen molar-refractivity contribution >= 4 is 5.91 Å². The summed E-state index contributed by atoms with van der Waals surface area (Å²) >= 11 is 0. The van der Waals surface area contributed by atoms with Crippen molar-refractivity contribution in [1.29, 1.82) is 0 Å². The first-order chi connectivity index (χ1) is 12.8. The van der Waals surface area contributed by atoms with Crippen LogP contribution < -0.4 is 0 Å². The van der Waals surface area contributed by atoms with Gasteiger partial charge in [-0.15, -0.1) is 0 Å². The minimum atomic E-state index is -0.257. The molecule has 0 radical (unpaired) electrons. The van der Waals surface area contributed by atoms with Gasteiger partial charge in [-0.1, -0.05) is 41.6 Å². The molecule has 1 fully saturated rings. The molecule has 1 aliphatic rings. The number of aromatic nitrogens is 3. The molecular weight excluding hydrogens is 332 g/mol. The Kier molecular flexibility index (Phi) is 4.45. The van der Waals surface area contributed by atoms with Crippen LogP contribution in [-0.4, -0.2) is 37.6 Å². The molecule has 1 unspecified atom stereocenters. The summed E-state index contributed by atoms with van der Waals surface area (Å²) in [6.45, 7) is 0.409. The van der Waals surface area contributed by atoms with Crippen LogP contribution in [0.1, 0.15) is 41.0 Å². The lowest BCUT2D eigenvalue weighted by molar-refractivity contribution is 0.0703. The number of carbonyl (C=O) groups excluding carboxylic acids is 1. The SMILES string of the molecule is O=C(c1cccc(CO)n1)N1CCCC1c1nc(-c2ccccc2)no1. The number of amides is 1. The van der Waals surface area contributed by atoms with Gasteiger partial charge in [0.25, 0.3) is 5.91 Å². The van der Waals surface area contributed by atoms with Crippen LogP contribution >= 0.6 is 0 Å². The molecule has 3 heterocycles. The monoisotopic (exact) mass is 350 g/mol. The maximum absolute atomic E-state index is 12.9. The molecule has 4 rings (SSSR count). The smallest absolute Gasteiger partial charge is 0.273 e. The molecule has 1 atom stereocenters. The van der Waals surface area contributed by atoms with Crippen LogP contribution in [0.25, 0.3) is 11.4 Å². The van der Waals surface area contributed by atoms with Gasteiger partial charge < -0.3 is 14.5 Å². The van der Waals surface area contributed by atoms with Crippen molar-refractivity contribution in [3.8, 4) is 11.4 Å². The molecule has 0 aliphatic carbocycles. The van der Waals surface area contributed by atoms with Crippen molar-refractivity contribution in [2.75, 3.05) is 6.54 Å². The van der Waals surface area contributed by atoms with Gasteiger partial charge in [0.05, 0.1) is 12.3 Å². The zero-order chi connectivity index (χ0) is 17.9. The van der Waals surface area contributed by atoms with Crippen LogP contribution in [0.2, 0.25) is 0 Å². The van der Waals surface area contributed by atoms with Crippen molar-refractivity contribution in [2.24, 2.45) is 0 Å². The molecule has 1 N–H and O–H groups in total. The second-order valence-corrected chi connectivity index (χ2v) is 6.15. The Morgan fingerprint density at radius 3 is 2.81 bits per heavy atom. The van der Waals surface area contributed by atoms with E-state index in [1.54, 1.807) is 23.1 Å². The van der Waals surface area contributed by atoms with Crippen LogP contribution in [0.4, 0.5) is 0 Å². The van der Waals surface area contributed by atoms with Gasteiger partial charge in [0.2, 0.25) is 11.7 Å². The number of hydrogen-bond acceptors (Lipinski definition) is 6. The predicted octanol–water partition coefficient (Wildman–Crippen LogP) is 2.60. The third-order valence-electron chi connectivity index (χ3n) is 4.46. The van der Waals surface area contributed by atoms with Gasteiger partial charge >= 0.3 is 0 Å². The molecule has 1 aliphatic heterocycles. The Morgan fingerprint density at radius 2 is 2.00 bits per heavy atom. The largest absolute Gasteiger partial charge is 0.390 e. The first-order valence-corrected chi connectivity index (χ1v) is 8.53. The molecule has 3 aromatic rings. The normalized spacial score (nSPS) is 16.8. The fourth-order valence-corrected chi connectivity index (χ4v) is 3.18. The predicted molar refractivity (Wildman–Crippen MR) is 92.9 cm³/mol. The third kappa shape index (κ3) is 3.09. The third-order valence-corrected chi connectivity index (χ3v) is 4.46. The Balaban J connectivity index is 1.59. The highest BCUT2D eigenvalue weighted by Gasteiger charge is 2.35. The quantitative estimate of drug-likeness (QED) is 0.777. The van der Waals surface area contributed by atoms with Crippen LogP contribution in [-0.2, 0) is 6.61 Å². The molecule has 1 aromatic carbocycles. The Bertz CT molecular complexity index is 910. The maximum Gasteiger partial charge on any atom is 0.273 e. The number of pyridine rings is 1. The zero-order valence-corrected chi connectivity index (χ0v) is 14.1. The highest BCUT2D eigenvalue weighted by atomic mass is 16.5. The number of rotatable bonds is 4. The molecular formula is C19H18N4O3. The average molecular weight is 350 g/mol. The lowest BCUT2D eigenvalue weighted by atomic mass is 10.2. The highest BCUT2D eigenvalue weighted by molar-refractivity contribution is 5.92. The van der Waals surface area contributed by atoms with E-state index in [1.165, 1.54) is 0 Å². The Hall–Kier alpha value is -3.06. The first kappa shape index (κ1) is 16.4. The minimum Gasteiger partial charge on any atom is -0.390 e. The standard InChI is InChI=1S/C19H18N4O3/c24-12-14-8-4-9-15(20-14)19(25)23-11-5-10-16(23)18-21-17(22-26-18)13-6-2-1-3-7-13/h1-4,6-9,16,24H,5,10-12H2. The van der Waals surface area contributed by atoms with Crippen LogP contribution in [0.3, 0.4) is 0 Å². The second kappa shape index (κ2) is 7.05. The van der Waals surface area contributed by atoms with Crippen molar-refractivity contribution in [2.45, 2.75) is 25.5 Å². The van der Waals surface area contributed by atoms with Crippen LogP contribution in [0.5, 0.6) is 0 Å². The topological polar surface area (TPSA) is 92.3 Å². The lowest BCUT2D eigenvalue weighted by Gasteiger charge is -2.21. The summed E-state index contributed by atoms with van der Waals surface area (Å²) in [7, 11) is 0. The Labute approximate surface area is 150 Å². The summed E-state index contributed by atoms with van der Waals surface area (Å²) in [6, 6.07) is 14.4. The number of hydrogen-bond donors (Lipinski definition) is 1. The molecule has 132 valence electrons. The molecule has 2 aromatic heterocycles. The van der Waals surface area contributed by atoms with Gasteiger partial charge in [-0.2, -0.15) is 4.98 Å². The van der Waals surface area contributed by atoms with E-state index in [9.17, 15) is 9.90 Å². The molecule has 1 amide bonds. The summed E-state index contributed by atoms with van der Waals surface area (Å²) in [5.74, 6) is 0.760. The van der Waals surface area contributed by atoms with Gasteiger partial charge in [-0.25, -0.2) is 4.98 Å². The van der Waals surface area contributed by atoms with Gasteiger partial charge in [0, 0.05) is 12.1 Å². The fourth-order valence-electron chi connectivity index (χ4n) is 3.18. The highest BCUT2D eigenvalue weighted by Crippen LogP contribution is 2.33. The number of aliphatic hydroxyl groups is 1. The molecule has 0 saturated carbocycles. The first-order valence-electron chi connectivity index (χ1n) is 8.53. The van der Waals surface area contributed by atoms with E-state index in [0.29, 0.717) is 29.6 Å². The maximum atomic E-state index is 12.9. The number of nitrogens with zero attached hydrogens (tertiary/aromatic N) is 4. The lowest BCUT2D eigenvalue weighted by Crippen LogP contribution is -2.31. The number of carbonyl (C=O) groups is 1. The summed E-state index contributed by atoms with van der Waals surface area (Å²) in [5.41, 5.74) is 1.65. The van der Waals surface area contributed by atoms with Crippen LogP contribution in [0.15, 0.2) is 53.1 Å². The molecule has 7 nitrogen and oxygen atoms in total. The second-order valence-electron chi connectivity index (χ2n) is 6.15. The Morgan fingerprint density at radius 1 is 1.15 bits per heavy atom. The van der Waals surface area contributed by atoms with Gasteiger partial charge in [-0.3, -0.25) is 4.79 Å². The number of benzene rings is 1. The zero-order valence-electron chi connectivity index (χ0n) is 14.1. The molecule has 0 bridgehead atoms. The van der Waals surface area contributed by atoms with Gasteiger partial charge in [0.15, 0.2) is 0 Å². The van der Waals surface area contributed by atoms with Crippen molar-refractivity contribution in [3.05, 3.63) is 65.8 Å². The van der Waals surface area contributed by atoms with Crippen LogP contribution in [0, 0.1) is 0 Å². The number of aliphatic hydroxyl groups excluding tert-OH is 1. The molecule has 0 spiro atoms. The van der Waals surface area contributed by atoms with E-state index in [4.69, 9.17) is 4.52 Å². The van der Waals surface area contributed by atoms with Crippen molar-refractivity contribution in [3.63, 3.8) is 0 Å². The summed E-state index contributed by atoms with van der Waals surface area (Å²) in [6.07, 6.45) is 1.63. The van der Waals surface area contributed by atoms with E-state index in [2.05, 4.69) is 15.1 Å².